The third kappa shape index (κ3) is 5.71. The van der Waals surface area contributed by atoms with E-state index >= 15 is 0 Å². The third-order valence-corrected chi connectivity index (χ3v) is 3.48. The van der Waals surface area contributed by atoms with Crippen molar-refractivity contribution in [2.24, 2.45) is 0 Å². The fraction of sp³-hybridized carbons (Fsp3) is 0.235. The van der Waals surface area contributed by atoms with Crippen LogP contribution in [0.1, 0.15) is 12.0 Å². The molecule has 0 saturated heterocycles. The molecule has 2 aromatic rings. The second-order valence-corrected chi connectivity index (χ2v) is 5.54. The Labute approximate surface area is 140 Å². The molecule has 0 bridgehead atoms. The number of anilines is 2. The molecule has 0 radical (unpaired) electrons. The summed E-state index contributed by atoms with van der Waals surface area (Å²) in [6, 6.07) is 12.5. The lowest BCUT2D eigenvalue weighted by atomic mass is 10.2. The summed E-state index contributed by atoms with van der Waals surface area (Å²) in [4.78, 5) is 11.7. The van der Waals surface area contributed by atoms with E-state index in [-0.39, 0.29) is 6.03 Å². The first-order valence-electron chi connectivity index (χ1n) is 7.34. The van der Waals surface area contributed by atoms with E-state index in [9.17, 15) is 4.79 Å². The molecule has 2 amide bonds. The third-order valence-electron chi connectivity index (χ3n) is 3.15. The van der Waals surface area contributed by atoms with E-state index in [4.69, 9.17) is 22.1 Å². The molecule has 0 aromatic heterocycles. The van der Waals surface area contributed by atoms with Crippen LogP contribution < -0.4 is 21.1 Å². The molecule has 0 saturated carbocycles. The van der Waals surface area contributed by atoms with Gasteiger partial charge in [0.15, 0.2) is 0 Å². The highest BCUT2D eigenvalue weighted by molar-refractivity contribution is 6.33. The number of aryl methyl sites for hydroxylation is 1. The van der Waals surface area contributed by atoms with Gasteiger partial charge in [-0.3, -0.25) is 0 Å². The molecule has 0 atom stereocenters. The lowest BCUT2D eigenvalue weighted by Crippen LogP contribution is -2.30. The molecular weight excluding hydrogens is 314 g/mol. The Bertz CT molecular complexity index is 659. The molecule has 0 aliphatic carbocycles. The highest BCUT2D eigenvalue weighted by Gasteiger charge is 2.03. The first kappa shape index (κ1) is 17.0. The van der Waals surface area contributed by atoms with Gasteiger partial charge in [0.25, 0.3) is 0 Å². The molecular formula is C17H20ClN3O2. The van der Waals surface area contributed by atoms with Crippen molar-refractivity contribution in [1.82, 2.24) is 5.32 Å². The average Bonchev–Trinajstić information content (AvgIpc) is 2.52. The molecule has 122 valence electrons. The zero-order valence-corrected chi connectivity index (χ0v) is 13.7. The fourth-order valence-corrected chi connectivity index (χ4v) is 2.06. The van der Waals surface area contributed by atoms with Gasteiger partial charge in [-0.05, 0) is 43.7 Å². The maximum atomic E-state index is 11.7. The van der Waals surface area contributed by atoms with Gasteiger partial charge in [-0.1, -0.05) is 29.3 Å². The molecule has 23 heavy (non-hydrogen) atoms. The fourth-order valence-electron chi connectivity index (χ4n) is 1.88. The highest BCUT2D eigenvalue weighted by atomic mass is 35.5. The monoisotopic (exact) mass is 333 g/mol. The van der Waals surface area contributed by atoms with Crippen molar-refractivity contribution in [3.05, 3.63) is 53.1 Å². The summed E-state index contributed by atoms with van der Waals surface area (Å²) in [5.74, 6) is 0.830. The maximum Gasteiger partial charge on any atom is 0.319 e. The van der Waals surface area contributed by atoms with Crippen LogP contribution in [0.15, 0.2) is 42.5 Å². The number of nitrogens with one attached hydrogen (secondary N) is 2. The molecule has 0 aliphatic heterocycles. The molecule has 4 N–H and O–H groups in total. The average molecular weight is 334 g/mol. The van der Waals surface area contributed by atoms with Gasteiger partial charge in [-0.2, -0.15) is 0 Å². The lowest BCUT2D eigenvalue weighted by molar-refractivity contribution is 0.250. The Kier molecular flexibility index (Phi) is 6.11. The number of benzene rings is 2. The number of hydrogen-bond acceptors (Lipinski definition) is 3. The number of hydrogen-bond donors (Lipinski definition) is 3. The number of carbonyl (C=O) groups is 1. The van der Waals surface area contributed by atoms with Gasteiger partial charge in [0.05, 0.1) is 17.3 Å². The molecule has 0 fully saturated rings. The number of ether oxygens (including phenoxy) is 1. The van der Waals surface area contributed by atoms with E-state index in [1.54, 1.807) is 18.2 Å². The van der Waals surface area contributed by atoms with Crippen LogP contribution in [0.4, 0.5) is 16.2 Å². The summed E-state index contributed by atoms with van der Waals surface area (Å²) < 4.78 is 5.59. The zero-order valence-electron chi connectivity index (χ0n) is 12.9. The predicted molar refractivity (Wildman–Crippen MR) is 94.2 cm³/mol. The summed E-state index contributed by atoms with van der Waals surface area (Å²) >= 11 is 5.90. The van der Waals surface area contributed by atoms with Gasteiger partial charge in [0.2, 0.25) is 0 Å². The smallest absolute Gasteiger partial charge is 0.319 e. The van der Waals surface area contributed by atoms with Crippen molar-refractivity contribution in [3.8, 4) is 5.75 Å². The number of nitrogen functional groups attached to an aromatic ring is 1. The van der Waals surface area contributed by atoms with Crippen LogP contribution in [0.5, 0.6) is 5.75 Å². The zero-order chi connectivity index (χ0) is 16.7. The number of halogens is 1. The molecule has 6 heteroatoms. The van der Waals surface area contributed by atoms with Crippen LogP contribution in [-0.4, -0.2) is 19.2 Å². The Morgan fingerprint density at radius 2 is 1.96 bits per heavy atom. The maximum absolute atomic E-state index is 11.7. The van der Waals surface area contributed by atoms with E-state index in [1.807, 2.05) is 31.2 Å². The Balaban J connectivity index is 1.64. The lowest BCUT2D eigenvalue weighted by Gasteiger charge is -2.09. The van der Waals surface area contributed by atoms with Crippen molar-refractivity contribution in [2.45, 2.75) is 13.3 Å². The van der Waals surface area contributed by atoms with Crippen LogP contribution in [0.2, 0.25) is 5.02 Å². The topological polar surface area (TPSA) is 76.4 Å². The van der Waals surface area contributed by atoms with Gasteiger partial charge >= 0.3 is 6.03 Å². The van der Waals surface area contributed by atoms with E-state index in [2.05, 4.69) is 10.6 Å². The number of nitrogens with two attached hydrogens (primary N) is 1. The van der Waals surface area contributed by atoms with Gasteiger partial charge in [-0.25, -0.2) is 4.79 Å². The molecule has 0 heterocycles. The normalized spacial score (nSPS) is 10.2. The second-order valence-electron chi connectivity index (χ2n) is 5.13. The summed E-state index contributed by atoms with van der Waals surface area (Å²) in [5, 5.41) is 5.86. The molecule has 2 aromatic carbocycles. The van der Waals surface area contributed by atoms with Crippen LogP contribution in [0.3, 0.4) is 0 Å². The minimum atomic E-state index is -0.291. The van der Waals surface area contributed by atoms with Gasteiger partial charge in [0, 0.05) is 12.2 Å². The van der Waals surface area contributed by atoms with Gasteiger partial charge in [0.1, 0.15) is 5.75 Å². The van der Waals surface area contributed by atoms with Crippen LogP contribution in [0.25, 0.3) is 0 Å². The van der Waals surface area contributed by atoms with Crippen molar-refractivity contribution in [3.63, 3.8) is 0 Å². The number of rotatable bonds is 6. The quantitative estimate of drug-likeness (QED) is 0.555. The summed E-state index contributed by atoms with van der Waals surface area (Å²) in [6.45, 7) is 3.08. The Morgan fingerprint density at radius 3 is 2.65 bits per heavy atom. The molecule has 0 aliphatic rings. The van der Waals surface area contributed by atoms with E-state index in [1.165, 1.54) is 5.56 Å². The van der Waals surface area contributed by atoms with E-state index in [0.29, 0.717) is 36.0 Å². The second kappa shape index (κ2) is 8.29. The standard InChI is InChI=1S/C17H20ClN3O2/c1-12-3-6-14(7-4-12)23-10-2-9-20-17(22)21-13-5-8-16(19)15(18)11-13/h3-8,11H,2,9-10,19H2,1H3,(H2,20,21,22). The minimum Gasteiger partial charge on any atom is -0.494 e. The predicted octanol–water partition coefficient (Wildman–Crippen LogP) is 3.82. The van der Waals surface area contributed by atoms with Crippen molar-refractivity contribution < 1.29 is 9.53 Å². The largest absolute Gasteiger partial charge is 0.494 e. The summed E-state index contributed by atoms with van der Waals surface area (Å²) in [7, 11) is 0. The summed E-state index contributed by atoms with van der Waals surface area (Å²) in [5.41, 5.74) is 7.88. The van der Waals surface area contributed by atoms with Crippen LogP contribution in [0, 0.1) is 6.92 Å². The number of carbonyl (C=O) groups excluding carboxylic acids is 1. The first-order valence-corrected chi connectivity index (χ1v) is 7.72. The van der Waals surface area contributed by atoms with Gasteiger partial charge < -0.3 is 21.1 Å². The Hall–Kier alpha value is -2.40. The molecule has 0 unspecified atom stereocenters. The number of amides is 2. The van der Waals surface area contributed by atoms with Gasteiger partial charge in [-0.15, -0.1) is 0 Å². The van der Waals surface area contributed by atoms with Crippen molar-refractivity contribution in [2.75, 3.05) is 24.2 Å². The van der Waals surface area contributed by atoms with E-state index in [0.717, 1.165) is 5.75 Å². The Morgan fingerprint density at radius 1 is 1.22 bits per heavy atom. The van der Waals surface area contributed by atoms with Crippen LogP contribution in [-0.2, 0) is 0 Å². The van der Waals surface area contributed by atoms with E-state index < -0.39 is 0 Å². The van der Waals surface area contributed by atoms with Crippen molar-refractivity contribution in [1.29, 1.82) is 0 Å². The molecule has 0 spiro atoms. The molecule has 2 rings (SSSR count). The molecule has 5 nitrogen and oxygen atoms in total. The number of urea groups is 1. The minimum absolute atomic E-state index is 0.291. The van der Waals surface area contributed by atoms with Crippen LogP contribution >= 0.6 is 11.6 Å². The summed E-state index contributed by atoms with van der Waals surface area (Å²) in [6.07, 6.45) is 0.712. The van der Waals surface area contributed by atoms with Crippen molar-refractivity contribution >= 4 is 29.0 Å². The highest BCUT2D eigenvalue weighted by Crippen LogP contribution is 2.22. The first-order chi connectivity index (χ1) is 11.0. The SMILES string of the molecule is Cc1ccc(OCCCNC(=O)Nc2ccc(N)c(Cl)c2)cc1.